The second-order valence-electron chi connectivity index (χ2n) is 10.3. The fourth-order valence-electron chi connectivity index (χ4n) is 4.66. The highest BCUT2D eigenvalue weighted by atomic mass is 35.5. The first kappa shape index (κ1) is 30.3. The second-order valence-corrected chi connectivity index (χ2v) is 11.8. The Kier molecular flexibility index (Phi) is 11.8. The highest BCUT2D eigenvalue weighted by molar-refractivity contribution is 7.18. The molecule has 3 amide bonds. The number of hydrogen-bond donors (Lipinski definition) is 3. The summed E-state index contributed by atoms with van der Waals surface area (Å²) in [6.07, 6.45) is 2.87. The van der Waals surface area contributed by atoms with E-state index in [-0.39, 0.29) is 42.0 Å². The molecule has 3 N–H and O–H groups in total. The van der Waals surface area contributed by atoms with E-state index in [1.54, 1.807) is 6.07 Å². The Hall–Kier alpha value is -2.27. The van der Waals surface area contributed by atoms with Crippen molar-refractivity contribution in [3.05, 3.63) is 28.2 Å². The van der Waals surface area contributed by atoms with Crippen LogP contribution in [0.1, 0.15) is 44.5 Å². The summed E-state index contributed by atoms with van der Waals surface area (Å²) in [6, 6.07) is 4.43. The van der Waals surface area contributed by atoms with E-state index in [4.69, 9.17) is 16.3 Å². The Morgan fingerprint density at radius 2 is 1.92 bits per heavy atom. The third kappa shape index (κ3) is 9.18. The number of thiazole rings is 1. The minimum Gasteiger partial charge on any atom is -0.381 e. The van der Waals surface area contributed by atoms with E-state index in [9.17, 15) is 14.4 Å². The molecule has 1 aliphatic rings. The Bertz CT molecular complexity index is 1090. The van der Waals surface area contributed by atoms with Crippen molar-refractivity contribution in [2.75, 3.05) is 40.4 Å². The van der Waals surface area contributed by atoms with Gasteiger partial charge in [-0.2, -0.15) is 0 Å². The first-order valence-corrected chi connectivity index (χ1v) is 14.5. The van der Waals surface area contributed by atoms with Gasteiger partial charge in [0.1, 0.15) is 6.04 Å². The number of rotatable bonds is 13. The SMILES string of the molecule is CCCC(=O)N[C@@H](Cc1nc2ccc(Cl)cc2s1)C(=O)N[C@H](CNC(=O)C(C)CN(C)C)C1CCOCC1. The summed E-state index contributed by atoms with van der Waals surface area (Å²) in [5, 5.41) is 10.5. The largest absolute Gasteiger partial charge is 0.381 e. The maximum Gasteiger partial charge on any atom is 0.243 e. The first-order chi connectivity index (χ1) is 18.2. The topological polar surface area (TPSA) is 113 Å². The number of ether oxygens (including phenoxy) is 1. The predicted molar refractivity (Wildman–Crippen MR) is 151 cm³/mol. The Labute approximate surface area is 234 Å². The van der Waals surface area contributed by atoms with E-state index in [2.05, 4.69) is 20.9 Å². The summed E-state index contributed by atoms with van der Waals surface area (Å²) in [5.74, 6) is -0.520. The van der Waals surface area contributed by atoms with E-state index in [1.807, 2.05) is 45.0 Å². The van der Waals surface area contributed by atoms with Crippen molar-refractivity contribution in [3.8, 4) is 0 Å². The molecule has 1 aromatic carbocycles. The molecule has 1 aromatic heterocycles. The summed E-state index contributed by atoms with van der Waals surface area (Å²) < 4.78 is 6.46. The fourth-order valence-corrected chi connectivity index (χ4v) is 5.95. The Morgan fingerprint density at radius 3 is 2.61 bits per heavy atom. The quantitative estimate of drug-likeness (QED) is 0.344. The second kappa shape index (κ2) is 14.8. The lowest BCUT2D eigenvalue weighted by atomic mass is 9.91. The molecule has 11 heteroatoms. The monoisotopic (exact) mass is 565 g/mol. The highest BCUT2D eigenvalue weighted by Crippen LogP contribution is 2.26. The molecule has 1 saturated heterocycles. The molecule has 2 heterocycles. The van der Waals surface area contributed by atoms with Crippen LogP contribution in [0.2, 0.25) is 5.02 Å². The van der Waals surface area contributed by atoms with Crippen LogP contribution >= 0.6 is 22.9 Å². The minimum absolute atomic E-state index is 0.0501. The summed E-state index contributed by atoms with van der Waals surface area (Å²) in [4.78, 5) is 45.5. The highest BCUT2D eigenvalue weighted by Gasteiger charge is 2.30. The number of amides is 3. The molecule has 1 unspecified atom stereocenters. The summed E-state index contributed by atoms with van der Waals surface area (Å²) in [6.45, 7) is 6.01. The molecule has 3 atom stereocenters. The van der Waals surface area contributed by atoms with Crippen molar-refractivity contribution in [2.24, 2.45) is 11.8 Å². The molecule has 9 nitrogen and oxygen atoms in total. The fraction of sp³-hybridized carbons (Fsp3) is 0.630. The smallest absolute Gasteiger partial charge is 0.243 e. The number of carbonyl (C=O) groups excluding carboxylic acids is 3. The number of nitrogens with one attached hydrogen (secondary N) is 3. The standard InChI is InChI=1S/C27H40ClN5O4S/c1-5-6-24(34)30-21(14-25-31-20-8-7-19(28)13-23(20)38-25)27(36)32-22(18-9-11-37-12-10-18)15-29-26(35)17(2)16-33(3)4/h7-8,13,17-18,21-22H,5-6,9-12,14-16H2,1-4H3,(H,29,35)(H,30,34)(H,32,36)/t17?,21-,22+/m0/s1. The number of halogens is 1. The van der Waals surface area contributed by atoms with E-state index < -0.39 is 6.04 Å². The van der Waals surface area contributed by atoms with Crippen LogP contribution < -0.4 is 16.0 Å². The van der Waals surface area contributed by atoms with Crippen LogP contribution in [-0.4, -0.2) is 80.1 Å². The predicted octanol–water partition coefficient (Wildman–Crippen LogP) is 3.00. The van der Waals surface area contributed by atoms with Gasteiger partial charge in [0.2, 0.25) is 17.7 Å². The van der Waals surface area contributed by atoms with Gasteiger partial charge in [0.05, 0.1) is 15.2 Å². The zero-order chi connectivity index (χ0) is 27.7. The molecule has 0 spiro atoms. The van der Waals surface area contributed by atoms with Gasteiger partial charge in [-0.15, -0.1) is 11.3 Å². The van der Waals surface area contributed by atoms with E-state index in [0.29, 0.717) is 44.2 Å². The Balaban J connectivity index is 1.75. The van der Waals surface area contributed by atoms with Crippen LogP contribution in [0.4, 0.5) is 0 Å². The van der Waals surface area contributed by atoms with E-state index >= 15 is 0 Å². The molecule has 0 bridgehead atoms. The van der Waals surface area contributed by atoms with Gasteiger partial charge in [-0.05, 0) is 57.5 Å². The minimum atomic E-state index is -0.782. The zero-order valence-corrected chi connectivity index (χ0v) is 24.3. The van der Waals surface area contributed by atoms with Gasteiger partial charge in [0.15, 0.2) is 0 Å². The van der Waals surface area contributed by atoms with Gasteiger partial charge in [-0.3, -0.25) is 14.4 Å². The van der Waals surface area contributed by atoms with Crippen LogP contribution in [0.5, 0.6) is 0 Å². The summed E-state index contributed by atoms with van der Waals surface area (Å²) in [7, 11) is 3.86. The maximum absolute atomic E-state index is 13.6. The van der Waals surface area contributed by atoms with Crippen molar-refractivity contribution in [2.45, 2.75) is 58.0 Å². The molecular weight excluding hydrogens is 526 g/mol. The van der Waals surface area contributed by atoms with Gasteiger partial charge in [0, 0.05) is 56.1 Å². The molecule has 38 heavy (non-hydrogen) atoms. The molecule has 0 aliphatic carbocycles. The molecule has 2 aromatic rings. The van der Waals surface area contributed by atoms with Crippen molar-refractivity contribution in [3.63, 3.8) is 0 Å². The lowest BCUT2D eigenvalue weighted by molar-refractivity contribution is -0.130. The number of benzene rings is 1. The van der Waals surface area contributed by atoms with Gasteiger partial charge in [0.25, 0.3) is 0 Å². The van der Waals surface area contributed by atoms with Gasteiger partial charge in [-0.25, -0.2) is 4.98 Å². The average Bonchev–Trinajstić information content (AvgIpc) is 3.27. The average molecular weight is 566 g/mol. The number of aromatic nitrogens is 1. The normalized spacial score (nSPS) is 16.7. The van der Waals surface area contributed by atoms with Crippen molar-refractivity contribution in [1.29, 1.82) is 0 Å². The van der Waals surface area contributed by atoms with Crippen LogP contribution in [0.15, 0.2) is 18.2 Å². The van der Waals surface area contributed by atoms with Gasteiger partial charge < -0.3 is 25.6 Å². The van der Waals surface area contributed by atoms with Gasteiger partial charge >= 0.3 is 0 Å². The lowest BCUT2D eigenvalue weighted by Gasteiger charge is -2.32. The van der Waals surface area contributed by atoms with E-state index in [1.165, 1.54) is 11.3 Å². The van der Waals surface area contributed by atoms with Crippen LogP contribution in [0.3, 0.4) is 0 Å². The van der Waals surface area contributed by atoms with Crippen molar-refractivity contribution >= 4 is 50.9 Å². The number of fused-ring (bicyclic) bond motifs is 1. The third-order valence-corrected chi connectivity index (χ3v) is 7.92. The molecule has 0 radical (unpaired) electrons. The lowest BCUT2D eigenvalue weighted by Crippen LogP contribution is -2.56. The molecule has 1 fully saturated rings. The molecule has 0 saturated carbocycles. The van der Waals surface area contributed by atoms with Crippen molar-refractivity contribution in [1.82, 2.24) is 25.8 Å². The molecule has 210 valence electrons. The molecular formula is C27H40ClN5O4S. The van der Waals surface area contributed by atoms with Crippen LogP contribution in [0, 0.1) is 11.8 Å². The zero-order valence-electron chi connectivity index (χ0n) is 22.7. The third-order valence-electron chi connectivity index (χ3n) is 6.65. The number of carbonyl (C=O) groups is 3. The maximum atomic E-state index is 13.6. The first-order valence-electron chi connectivity index (χ1n) is 13.3. The summed E-state index contributed by atoms with van der Waals surface area (Å²) >= 11 is 7.59. The van der Waals surface area contributed by atoms with Crippen LogP contribution in [0.25, 0.3) is 10.2 Å². The van der Waals surface area contributed by atoms with E-state index in [0.717, 1.165) is 28.1 Å². The number of nitrogens with zero attached hydrogens (tertiary/aromatic N) is 2. The number of hydrogen-bond acceptors (Lipinski definition) is 7. The molecule has 3 rings (SSSR count). The summed E-state index contributed by atoms with van der Waals surface area (Å²) in [5.41, 5.74) is 0.808. The molecule has 1 aliphatic heterocycles. The van der Waals surface area contributed by atoms with Crippen molar-refractivity contribution < 1.29 is 19.1 Å². The van der Waals surface area contributed by atoms with Gasteiger partial charge in [-0.1, -0.05) is 25.4 Å². The van der Waals surface area contributed by atoms with Crippen LogP contribution in [-0.2, 0) is 25.5 Å². The Morgan fingerprint density at radius 1 is 1.18 bits per heavy atom.